The van der Waals surface area contributed by atoms with E-state index in [0.29, 0.717) is 6.07 Å². The zero-order valence-electron chi connectivity index (χ0n) is 10.3. The number of benzene rings is 1. The SMILES string of the molecule is O=[N+]([O-])c1ccc(F)c(F)c1NC1CCS(=O)(=O)CC1. The molecule has 0 atom stereocenters. The summed E-state index contributed by atoms with van der Waals surface area (Å²) in [6, 6.07) is 1.12. The standard InChI is InChI=1S/C11H12F2N2O4S/c12-8-1-2-9(15(16)17)11(10(8)13)14-7-3-5-20(18,19)6-4-7/h1-2,7,14H,3-6H2. The first kappa shape index (κ1) is 14.6. The van der Waals surface area contributed by atoms with E-state index in [4.69, 9.17) is 0 Å². The quantitative estimate of drug-likeness (QED) is 0.680. The van der Waals surface area contributed by atoms with Crippen molar-refractivity contribution in [2.75, 3.05) is 16.8 Å². The Labute approximate surface area is 113 Å². The molecular weight excluding hydrogens is 294 g/mol. The van der Waals surface area contributed by atoms with Gasteiger partial charge in [0.2, 0.25) is 0 Å². The molecule has 1 aromatic carbocycles. The van der Waals surface area contributed by atoms with Crippen LogP contribution in [0.15, 0.2) is 12.1 Å². The number of nitro benzene ring substituents is 1. The molecule has 1 fully saturated rings. The van der Waals surface area contributed by atoms with Crippen molar-refractivity contribution >= 4 is 21.2 Å². The Kier molecular flexibility index (Phi) is 3.89. The summed E-state index contributed by atoms with van der Waals surface area (Å²) in [7, 11) is -3.09. The number of nitrogens with zero attached hydrogens (tertiary/aromatic N) is 1. The molecule has 20 heavy (non-hydrogen) atoms. The van der Waals surface area contributed by atoms with Crippen LogP contribution in [-0.4, -0.2) is 30.9 Å². The molecule has 1 heterocycles. The Morgan fingerprint density at radius 1 is 1.25 bits per heavy atom. The highest BCUT2D eigenvalue weighted by Crippen LogP contribution is 2.31. The molecule has 1 aliphatic rings. The molecule has 0 bridgehead atoms. The Balaban J connectivity index is 2.25. The number of nitro groups is 1. The van der Waals surface area contributed by atoms with Crippen LogP contribution in [-0.2, 0) is 9.84 Å². The van der Waals surface area contributed by atoms with Crippen molar-refractivity contribution in [3.8, 4) is 0 Å². The number of hydrogen-bond donors (Lipinski definition) is 1. The second kappa shape index (κ2) is 5.31. The fraction of sp³-hybridized carbons (Fsp3) is 0.455. The lowest BCUT2D eigenvalue weighted by atomic mass is 10.1. The number of anilines is 1. The van der Waals surface area contributed by atoms with Gasteiger partial charge in [-0.25, -0.2) is 17.2 Å². The van der Waals surface area contributed by atoms with E-state index in [-0.39, 0.29) is 24.3 Å². The van der Waals surface area contributed by atoms with E-state index in [1.54, 1.807) is 0 Å². The zero-order valence-corrected chi connectivity index (χ0v) is 11.1. The van der Waals surface area contributed by atoms with Gasteiger partial charge in [0.05, 0.1) is 16.4 Å². The molecule has 0 aromatic heterocycles. The second-order valence-electron chi connectivity index (χ2n) is 4.58. The van der Waals surface area contributed by atoms with Gasteiger partial charge in [-0.05, 0) is 18.9 Å². The average molecular weight is 306 g/mol. The summed E-state index contributed by atoms with van der Waals surface area (Å²) in [6.45, 7) is 0. The summed E-state index contributed by atoms with van der Waals surface area (Å²) >= 11 is 0. The highest BCUT2D eigenvalue weighted by Gasteiger charge is 2.28. The molecule has 0 spiro atoms. The van der Waals surface area contributed by atoms with Crippen molar-refractivity contribution < 1.29 is 22.1 Å². The predicted molar refractivity (Wildman–Crippen MR) is 68.3 cm³/mol. The molecule has 1 N–H and O–H groups in total. The molecule has 0 aliphatic carbocycles. The number of sulfone groups is 1. The summed E-state index contributed by atoms with van der Waals surface area (Å²) in [4.78, 5) is 10.00. The van der Waals surface area contributed by atoms with Crippen LogP contribution in [0, 0.1) is 21.7 Å². The smallest absolute Gasteiger partial charge is 0.295 e. The number of halogens is 2. The first-order chi connectivity index (χ1) is 9.30. The van der Waals surface area contributed by atoms with Crippen LogP contribution < -0.4 is 5.32 Å². The number of nitrogens with one attached hydrogen (secondary N) is 1. The largest absolute Gasteiger partial charge is 0.374 e. The highest BCUT2D eigenvalue weighted by atomic mass is 32.2. The summed E-state index contributed by atoms with van der Waals surface area (Å²) in [5, 5.41) is 13.4. The fourth-order valence-electron chi connectivity index (χ4n) is 2.07. The highest BCUT2D eigenvalue weighted by molar-refractivity contribution is 7.91. The molecule has 1 saturated heterocycles. The van der Waals surface area contributed by atoms with E-state index in [1.165, 1.54) is 0 Å². The Morgan fingerprint density at radius 3 is 2.40 bits per heavy atom. The lowest BCUT2D eigenvalue weighted by molar-refractivity contribution is -0.384. The van der Waals surface area contributed by atoms with Crippen LogP contribution in [0.3, 0.4) is 0 Å². The van der Waals surface area contributed by atoms with E-state index in [2.05, 4.69) is 5.32 Å². The van der Waals surface area contributed by atoms with Gasteiger partial charge in [-0.2, -0.15) is 0 Å². The Hall–Kier alpha value is -1.77. The van der Waals surface area contributed by atoms with Crippen LogP contribution in [0.25, 0.3) is 0 Å². The molecule has 6 nitrogen and oxygen atoms in total. The Bertz CT molecular complexity index is 634. The minimum absolute atomic E-state index is 0.0740. The normalized spacial score (nSPS) is 18.7. The average Bonchev–Trinajstić information content (AvgIpc) is 2.37. The van der Waals surface area contributed by atoms with Gasteiger partial charge in [0, 0.05) is 12.1 Å². The van der Waals surface area contributed by atoms with Gasteiger partial charge in [-0.3, -0.25) is 10.1 Å². The topological polar surface area (TPSA) is 89.3 Å². The third-order valence-electron chi connectivity index (χ3n) is 3.17. The maximum Gasteiger partial charge on any atom is 0.295 e. The maximum atomic E-state index is 13.7. The van der Waals surface area contributed by atoms with E-state index >= 15 is 0 Å². The van der Waals surface area contributed by atoms with Gasteiger partial charge < -0.3 is 5.32 Å². The predicted octanol–water partition coefficient (Wildman–Crippen LogP) is 1.86. The fourth-order valence-corrected chi connectivity index (χ4v) is 3.56. The van der Waals surface area contributed by atoms with Crippen molar-refractivity contribution in [2.45, 2.75) is 18.9 Å². The molecule has 0 saturated carbocycles. The monoisotopic (exact) mass is 306 g/mol. The lowest BCUT2D eigenvalue weighted by Gasteiger charge is -2.24. The number of rotatable bonds is 3. The molecule has 2 rings (SSSR count). The molecular formula is C11H12F2N2O4S. The molecule has 9 heteroatoms. The van der Waals surface area contributed by atoms with Crippen molar-refractivity contribution in [3.05, 3.63) is 33.9 Å². The van der Waals surface area contributed by atoms with Crippen LogP contribution in [0.4, 0.5) is 20.2 Å². The lowest BCUT2D eigenvalue weighted by Crippen LogP contribution is -2.32. The van der Waals surface area contributed by atoms with Crippen molar-refractivity contribution in [2.24, 2.45) is 0 Å². The van der Waals surface area contributed by atoms with E-state index in [1.807, 2.05) is 0 Å². The van der Waals surface area contributed by atoms with Crippen LogP contribution in [0.2, 0.25) is 0 Å². The molecule has 110 valence electrons. The van der Waals surface area contributed by atoms with E-state index < -0.39 is 43.8 Å². The van der Waals surface area contributed by atoms with Gasteiger partial charge in [0.1, 0.15) is 9.84 Å². The van der Waals surface area contributed by atoms with Crippen molar-refractivity contribution in [1.29, 1.82) is 0 Å². The van der Waals surface area contributed by atoms with Gasteiger partial charge >= 0.3 is 0 Å². The summed E-state index contributed by atoms with van der Waals surface area (Å²) in [5.74, 6) is -2.67. The van der Waals surface area contributed by atoms with Crippen LogP contribution in [0.5, 0.6) is 0 Å². The second-order valence-corrected chi connectivity index (χ2v) is 6.89. The molecule has 0 unspecified atom stereocenters. The summed E-state index contributed by atoms with van der Waals surface area (Å²) in [6.07, 6.45) is 0.408. The van der Waals surface area contributed by atoms with Crippen LogP contribution >= 0.6 is 0 Å². The third-order valence-corrected chi connectivity index (χ3v) is 4.89. The van der Waals surface area contributed by atoms with Gasteiger partial charge in [0.25, 0.3) is 5.69 Å². The van der Waals surface area contributed by atoms with Gasteiger partial charge in [0.15, 0.2) is 17.3 Å². The number of hydrogen-bond acceptors (Lipinski definition) is 5. The Morgan fingerprint density at radius 2 is 1.85 bits per heavy atom. The zero-order chi connectivity index (χ0) is 14.9. The first-order valence-corrected chi connectivity index (χ1v) is 7.71. The maximum absolute atomic E-state index is 13.7. The van der Waals surface area contributed by atoms with Crippen molar-refractivity contribution in [1.82, 2.24) is 0 Å². The minimum atomic E-state index is -3.09. The summed E-state index contributed by atoms with van der Waals surface area (Å²) < 4.78 is 49.4. The first-order valence-electron chi connectivity index (χ1n) is 5.89. The minimum Gasteiger partial charge on any atom is -0.374 e. The van der Waals surface area contributed by atoms with Crippen LogP contribution in [0.1, 0.15) is 12.8 Å². The third kappa shape index (κ3) is 3.03. The van der Waals surface area contributed by atoms with Crippen molar-refractivity contribution in [3.63, 3.8) is 0 Å². The molecule has 1 aliphatic heterocycles. The molecule has 1 aromatic rings. The van der Waals surface area contributed by atoms with Gasteiger partial charge in [-0.1, -0.05) is 0 Å². The van der Waals surface area contributed by atoms with E-state index in [0.717, 1.165) is 6.07 Å². The summed E-state index contributed by atoms with van der Waals surface area (Å²) in [5.41, 5.74) is -1.10. The molecule has 0 radical (unpaired) electrons. The van der Waals surface area contributed by atoms with E-state index in [9.17, 15) is 27.3 Å². The van der Waals surface area contributed by atoms with Gasteiger partial charge in [-0.15, -0.1) is 0 Å². The molecule has 0 amide bonds.